The van der Waals surface area contributed by atoms with E-state index in [1.165, 1.54) is 87.2 Å². The lowest BCUT2D eigenvalue weighted by Crippen LogP contribution is -2.17. The van der Waals surface area contributed by atoms with Crippen LogP contribution in [0.2, 0.25) is 0 Å². The number of fused-ring (bicyclic) bond motifs is 12. The zero-order valence-electron chi connectivity index (χ0n) is 32.9. The molecular weight excluding hydrogens is 713 g/mol. The summed E-state index contributed by atoms with van der Waals surface area (Å²) in [4.78, 5) is 10.6. The molecule has 12 rings (SSSR count). The van der Waals surface area contributed by atoms with Gasteiger partial charge in [0.05, 0.1) is 11.4 Å². The molecule has 0 bridgehead atoms. The first kappa shape index (κ1) is 33.7. The van der Waals surface area contributed by atoms with E-state index in [1.807, 2.05) is 6.07 Å². The molecule has 2 nitrogen and oxygen atoms in total. The summed E-state index contributed by atoms with van der Waals surface area (Å²) in [6.45, 7) is 4.80. The van der Waals surface area contributed by atoms with Crippen LogP contribution in [0.25, 0.3) is 110 Å². The normalized spacial score (nSPS) is 13.1. The molecule has 59 heavy (non-hydrogen) atoms. The predicted octanol–water partition coefficient (Wildman–Crippen LogP) is 15.2. The van der Waals surface area contributed by atoms with E-state index in [2.05, 4.69) is 202 Å². The van der Waals surface area contributed by atoms with Gasteiger partial charge in [-0.2, -0.15) is 0 Å². The fraction of sp³-hybridized carbons (Fsp3) is 0.0526. The van der Waals surface area contributed by atoms with Crippen LogP contribution in [0, 0.1) is 0 Å². The Hall–Kier alpha value is -7.42. The first-order valence-corrected chi connectivity index (χ1v) is 20.5. The van der Waals surface area contributed by atoms with Gasteiger partial charge in [-0.3, -0.25) is 0 Å². The van der Waals surface area contributed by atoms with Crippen molar-refractivity contribution >= 4 is 53.9 Å². The van der Waals surface area contributed by atoms with Crippen molar-refractivity contribution in [3.63, 3.8) is 0 Å². The molecular formula is C57H38N2. The zero-order chi connectivity index (χ0) is 39.2. The number of nitrogens with zero attached hydrogens (tertiary/aromatic N) is 2. The third-order valence-electron chi connectivity index (χ3n) is 12.8. The standard InChI is InChI=1S/C57H38N2/c1-57(2)54-38-18-7-6-15-35(38)27-30-50(54)49-26-14-25-48(55(49)57)45-31-32-47(43-23-12-10-22-42(43)45)53-34-52(58-56(59-53)36-16-4-3-5-17-36)37-28-29-46-41-21-9-8-19-39(41)40-20-11-13-24-44(40)51(46)33-37/h3-34H,1-2H3. The fourth-order valence-corrected chi connectivity index (χ4v) is 10.2. The van der Waals surface area contributed by atoms with Crippen LogP contribution in [0.4, 0.5) is 0 Å². The molecule has 1 aromatic heterocycles. The fourth-order valence-electron chi connectivity index (χ4n) is 10.2. The number of benzene rings is 10. The Morgan fingerprint density at radius 2 is 0.814 bits per heavy atom. The third kappa shape index (κ3) is 5.06. The maximum absolute atomic E-state index is 5.33. The molecule has 2 heteroatoms. The van der Waals surface area contributed by atoms with Crippen LogP contribution in [-0.4, -0.2) is 9.97 Å². The van der Waals surface area contributed by atoms with Crippen LogP contribution in [-0.2, 0) is 5.41 Å². The van der Waals surface area contributed by atoms with E-state index < -0.39 is 0 Å². The van der Waals surface area contributed by atoms with Crippen LogP contribution in [0.1, 0.15) is 25.0 Å². The van der Waals surface area contributed by atoms with Crippen molar-refractivity contribution < 1.29 is 0 Å². The highest BCUT2D eigenvalue weighted by Gasteiger charge is 2.39. The Bertz CT molecular complexity index is 3490. The van der Waals surface area contributed by atoms with Gasteiger partial charge in [0.1, 0.15) is 0 Å². The average Bonchev–Trinajstić information content (AvgIpc) is 3.55. The smallest absolute Gasteiger partial charge is 0.160 e. The molecule has 11 aromatic rings. The van der Waals surface area contributed by atoms with Crippen molar-refractivity contribution in [1.29, 1.82) is 0 Å². The van der Waals surface area contributed by atoms with Gasteiger partial charge in [0.25, 0.3) is 0 Å². The van der Waals surface area contributed by atoms with E-state index in [1.54, 1.807) is 0 Å². The maximum Gasteiger partial charge on any atom is 0.160 e. The van der Waals surface area contributed by atoms with Gasteiger partial charge in [-0.1, -0.05) is 196 Å². The van der Waals surface area contributed by atoms with E-state index in [-0.39, 0.29) is 5.41 Å². The minimum absolute atomic E-state index is 0.189. The zero-order valence-corrected chi connectivity index (χ0v) is 32.9. The molecule has 0 fully saturated rings. The summed E-state index contributed by atoms with van der Waals surface area (Å²) in [6, 6.07) is 70.6. The SMILES string of the molecule is CC1(C)c2c(cccc2-c2ccc(-c3cc(-c4ccc5c6ccccc6c6ccccc6c5c4)nc(-c4ccccc4)n3)c3ccccc23)-c2ccc3ccccc3c21. The van der Waals surface area contributed by atoms with E-state index in [0.717, 1.165) is 28.1 Å². The van der Waals surface area contributed by atoms with E-state index in [0.29, 0.717) is 5.82 Å². The second-order valence-corrected chi connectivity index (χ2v) is 16.4. The Labute approximate surface area is 343 Å². The predicted molar refractivity (Wildman–Crippen MR) is 249 cm³/mol. The van der Waals surface area contributed by atoms with Crippen LogP contribution in [0.5, 0.6) is 0 Å². The summed E-state index contributed by atoms with van der Waals surface area (Å²) in [5.41, 5.74) is 12.7. The monoisotopic (exact) mass is 750 g/mol. The van der Waals surface area contributed by atoms with Gasteiger partial charge in [0, 0.05) is 22.1 Å². The Balaban J connectivity index is 1.06. The number of hydrogen-bond donors (Lipinski definition) is 0. The van der Waals surface area contributed by atoms with Crippen molar-refractivity contribution in [3.8, 4) is 56.2 Å². The van der Waals surface area contributed by atoms with Gasteiger partial charge >= 0.3 is 0 Å². The number of hydrogen-bond acceptors (Lipinski definition) is 2. The molecule has 1 aliphatic rings. The van der Waals surface area contributed by atoms with Gasteiger partial charge < -0.3 is 0 Å². The Morgan fingerprint density at radius 1 is 0.305 bits per heavy atom. The number of rotatable bonds is 4. The molecule has 0 radical (unpaired) electrons. The highest BCUT2D eigenvalue weighted by atomic mass is 14.9. The van der Waals surface area contributed by atoms with Crippen LogP contribution in [0.15, 0.2) is 194 Å². The second-order valence-electron chi connectivity index (χ2n) is 16.4. The van der Waals surface area contributed by atoms with Crippen LogP contribution in [0.3, 0.4) is 0 Å². The highest BCUT2D eigenvalue weighted by molar-refractivity contribution is 6.25. The molecule has 0 aliphatic heterocycles. The molecule has 0 saturated heterocycles. The Kier molecular flexibility index (Phi) is 7.31. The first-order chi connectivity index (χ1) is 29.0. The molecule has 1 heterocycles. The summed E-state index contributed by atoms with van der Waals surface area (Å²) < 4.78 is 0. The lowest BCUT2D eigenvalue weighted by molar-refractivity contribution is 0.668. The Morgan fingerprint density at radius 3 is 1.53 bits per heavy atom. The number of aromatic nitrogens is 2. The van der Waals surface area contributed by atoms with Crippen molar-refractivity contribution in [2.45, 2.75) is 19.3 Å². The van der Waals surface area contributed by atoms with E-state index in [4.69, 9.17) is 9.97 Å². The molecule has 0 spiro atoms. The summed E-state index contributed by atoms with van der Waals surface area (Å²) in [7, 11) is 0. The molecule has 1 aliphatic carbocycles. The summed E-state index contributed by atoms with van der Waals surface area (Å²) in [6.07, 6.45) is 0. The highest BCUT2D eigenvalue weighted by Crippen LogP contribution is 2.55. The van der Waals surface area contributed by atoms with Crippen LogP contribution < -0.4 is 0 Å². The van der Waals surface area contributed by atoms with Gasteiger partial charge in [-0.25, -0.2) is 9.97 Å². The summed E-state index contributed by atoms with van der Waals surface area (Å²) in [5.74, 6) is 0.711. The van der Waals surface area contributed by atoms with Gasteiger partial charge in [-0.15, -0.1) is 0 Å². The van der Waals surface area contributed by atoms with Crippen LogP contribution >= 0.6 is 0 Å². The lowest BCUT2D eigenvalue weighted by atomic mass is 9.77. The molecule has 0 unspecified atom stereocenters. The molecule has 0 amide bonds. The molecule has 0 saturated carbocycles. The van der Waals surface area contributed by atoms with E-state index in [9.17, 15) is 0 Å². The summed E-state index contributed by atoms with van der Waals surface area (Å²) in [5, 5.41) is 12.5. The quantitative estimate of drug-likeness (QED) is 0.167. The van der Waals surface area contributed by atoms with Gasteiger partial charge in [-0.05, 0) is 99.4 Å². The first-order valence-electron chi connectivity index (χ1n) is 20.5. The van der Waals surface area contributed by atoms with Crippen molar-refractivity contribution in [1.82, 2.24) is 9.97 Å². The summed E-state index contributed by atoms with van der Waals surface area (Å²) >= 11 is 0. The molecule has 10 aromatic carbocycles. The van der Waals surface area contributed by atoms with Gasteiger partial charge in [0.15, 0.2) is 5.82 Å². The minimum Gasteiger partial charge on any atom is -0.228 e. The minimum atomic E-state index is -0.189. The van der Waals surface area contributed by atoms with Crippen molar-refractivity contribution in [2.75, 3.05) is 0 Å². The molecule has 276 valence electrons. The largest absolute Gasteiger partial charge is 0.228 e. The lowest BCUT2D eigenvalue weighted by Gasteiger charge is -2.26. The van der Waals surface area contributed by atoms with Crippen molar-refractivity contribution in [2.24, 2.45) is 0 Å². The molecule has 0 N–H and O–H groups in total. The maximum atomic E-state index is 5.33. The van der Waals surface area contributed by atoms with E-state index >= 15 is 0 Å². The van der Waals surface area contributed by atoms with Gasteiger partial charge in [0.2, 0.25) is 0 Å². The average molecular weight is 751 g/mol. The van der Waals surface area contributed by atoms with Crippen molar-refractivity contribution in [3.05, 3.63) is 205 Å². The third-order valence-corrected chi connectivity index (χ3v) is 12.8. The topological polar surface area (TPSA) is 25.8 Å². The molecule has 0 atom stereocenters. The second kappa shape index (κ2) is 12.8.